The number of nitrogens with one attached hydrogen (secondary N) is 1. The van der Waals surface area contributed by atoms with E-state index in [0.717, 1.165) is 12.0 Å². The van der Waals surface area contributed by atoms with Gasteiger partial charge in [-0.2, -0.15) is 0 Å². The molecule has 90 valence electrons. The summed E-state index contributed by atoms with van der Waals surface area (Å²) in [6.07, 6.45) is 2.64. The van der Waals surface area contributed by atoms with Crippen molar-refractivity contribution in [2.75, 3.05) is 13.1 Å². The number of hydrogen-bond donors (Lipinski definition) is 1. The molecule has 0 aromatic rings. The van der Waals surface area contributed by atoms with Crippen LogP contribution in [0.25, 0.3) is 0 Å². The predicted octanol–water partition coefficient (Wildman–Crippen LogP) is 2.49. The van der Waals surface area contributed by atoms with Crippen LogP contribution in [-0.4, -0.2) is 36.1 Å². The second kappa shape index (κ2) is 5.86. The van der Waals surface area contributed by atoms with Crippen molar-refractivity contribution in [2.45, 2.75) is 65.6 Å². The number of rotatable bonds is 3. The zero-order valence-corrected chi connectivity index (χ0v) is 11.1. The standard InChI is InChI=1S/C13H28N2/c1-10(2)14-13-6-7-15(11(3)4)9-12(5)8-13/h10-14H,6-9H2,1-5H3/t12-,13?/m1/s1. The number of hydrogen-bond acceptors (Lipinski definition) is 2. The molecule has 2 heteroatoms. The zero-order chi connectivity index (χ0) is 11.4. The molecule has 2 nitrogen and oxygen atoms in total. The monoisotopic (exact) mass is 212 g/mol. The first kappa shape index (κ1) is 13.0. The van der Waals surface area contributed by atoms with Gasteiger partial charge in [-0.15, -0.1) is 0 Å². The van der Waals surface area contributed by atoms with Crippen molar-refractivity contribution in [3.63, 3.8) is 0 Å². The van der Waals surface area contributed by atoms with Crippen LogP contribution >= 0.6 is 0 Å². The van der Waals surface area contributed by atoms with E-state index >= 15 is 0 Å². The smallest absolute Gasteiger partial charge is 0.00846 e. The SMILES string of the molecule is CC(C)NC1CCN(C(C)C)C[C@H](C)C1. The van der Waals surface area contributed by atoms with E-state index in [0.29, 0.717) is 12.1 Å². The first-order valence-electron chi connectivity index (χ1n) is 6.49. The Morgan fingerprint density at radius 1 is 1.20 bits per heavy atom. The topological polar surface area (TPSA) is 15.3 Å². The lowest BCUT2D eigenvalue weighted by Gasteiger charge is -2.26. The minimum Gasteiger partial charge on any atom is -0.312 e. The highest BCUT2D eigenvalue weighted by molar-refractivity contribution is 4.80. The van der Waals surface area contributed by atoms with Crippen molar-refractivity contribution in [2.24, 2.45) is 5.92 Å². The highest BCUT2D eigenvalue weighted by atomic mass is 15.2. The summed E-state index contributed by atoms with van der Waals surface area (Å²) in [5, 5.41) is 3.68. The van der Waals surface area contributed by atoms with E-state index in [4.69, 9.17) is 0 Å². The van der Waals surface area contributed by atoms with Gasteiger partial charge in [0.2, 0.25) is 0 Å². The highest BCUT2D eigenvalue weighted by Crippen LogP contribution is 2.18. The van der Waals surface area contributed by atoms with E-state index in [-0.39, 0.29) is 0 Å². The van der Waals surface area contributed by atoms with Gasteiger partial charge in [-0.1, -0.05) is 20.8 Å². The molecule has 0 radical (unpaired) electrons. The molecule has 0 aromatic heterocycles. The highest BCUT2D eigenvalue weighted by Gasteiger charge is 2.23. The van der Waals surface area contributed by atoms with Gasteiger partial charge >= 0.3 is 0 Å². The molecule has 0 amide bonds. The fourth-order valence-electron chi connectivity index (χ4n) is 2.58. The summed E-state index contributed by atoms with van der Waals surface area (Å²) in [6.45, 7) is 14.0. The molecule has 1 aliphatic heterocycles. The van der Waals surface area contributed by atoms with Crippen LogP contribution < -0.4 is 5.32 Å². The molecule has 1 heterocycles. The Balaban J connectivity index is 2.47. The van der Waals surface area contributed by atoms with Gasteiger partial charge < -0.3 is 10.2 Å². The van der Waals surface area contributed by atoms with Gasteiger partial charge in [-0.3, -0.25) is 0 Å². The zero-order valence-electron chi connectivity index (χ0n) is 11.1. The maximum Gasteiger partial charge on any atom is 0.00846 e. The molecular formula is C13H28N2. The summed E-state index contributed by atoms with van der Waals surface area (Å²) in [7, 11) is 0. The third-order valence-corrected chi connectivity index (χ3v) is 3.30. The number of nitrogens with zero attached hydrogens (tertiary/aromatic N) is 1. The molecule has 0 bridgehead atoms. The van der Waals surface area contributed by atoms with E-state index in [1.54, 1.807) is 0 Å². The third-order valence-electron chi connectivity index (χ3n) is 3.30. The number of likely N-dealkylation sites (tertiary alicyclic amines) is 1. The van der Waals surface area contributed by atoms with Gasteiger partial charge in [0.25, 0.3) is 0 Å². The van der Waals surface area contributed by atoms with Gasteiger partial charge in [-0.25, -0.2) is 0 Å². The van der Waals surface area contributed by atoms with Gasteiger partial charge in [0.15, 0.2) is 0 Å². The summed E-state index contributed by atoms with van der Waals surface area (Å²) in [6, 6.07) is 2.04. The van der Waals surface area contributed by atoms with Gasteiger partial charge in [0.1, 0.15) is 0 Å². The Labute approximate surface area is 95.4 Å². The van der Waals surface area contributed by atoms with Crippen LogP contribution in [0.4, 0.5) is 0 Å². The van der Waals surface area contributed by atoms with E-state index in [1.807, 2.05) is 0 Å². The summed E-state index contributed by atoms with van der Waals surface area (Å²) >= 11 is 0. The average molecular weight is 212 g/mol. The minimum atomic E-state index is 0.618. The second-order valence-corrected chi connectivity index (χ2v) is 5.74. The molecule has 1 unspecified atom stereocenters. The fourth-order valence-corrected chi connectivity index (χ4v) is 2.58. The average Bonchev–Trinajstić information content (AvgIpc) is 2.26. The Bertz CT molecular complexity index is 177. The lowest BCUT2D eigenvalue weighted by Crippen LogP contribution is -2.36. The van der Waals surface area contributed by atoms with Crippen molar-refractivity contribution >= 4 is 0 Å². The lowest BCUT2D eigenvalue weighted by atomic mass is 10.0. The van der Waals surface area contributed by atoms with Gasteiger partial charge in [-0.05, 0) is 39.2 Å². The largest absolute Gasteiger partial charge is 0.312 e. The summed E-state index contributed by atoms with van der Waals surface area (Å²) in [4.78, 5) is 2.62. The normalized spacial score (nSPS) is 29.8. The Hall–Kier alpha value is -0.0800. The van der Waals surface area contributed by atoms with Gasteiger partial charge in [0.05, 0.1) is 0 Å². The van der Waals surface area contributed by atoms with Crippen molar-refractivity contribution in [3.8, 4) is 0 Å². The molecule has 1 aliphatic rings. The Morgan fingerprint density at radius 2 is 1.87 bits per heavy atom. The first-order chi connectivity index (χ1) is 6.99. The van der Waals surface area contributed by atoms with Crippen LogP contribution in [0.2, 0.25) is 0 Å². The van der Waals surface area contributed by atoms with E-state index in [9.17, 15) is 0 Å². The van der Waals surface area contributed by atoms with Crippen LogP contribution in [-0.2, 0) is 0 Å². The second-order valence-electron chi connectivity index (χ2n) is 5.74. The summed E-state index contributed by atoms with van der Waals surface area (Å²) in [5.41, 5.74) is 0. The molecular weight excluding hydrogens is 184 g/mol. The molecule has 2 atom stereocenters. The summed E-state index contributed by atoms with van der Waals surface area (Å²) in [5.74, 6) is 0.825. The van der Waals surface area contributed by atoms with Gasteiger partial charge in [0, 0.05) is 24.7 Å². The Morgan fingerprint density at radius 3 is 2.40 bits per heavy atom. The molecule has 1 rings (SSSR count). The van der Waals surface area contributed by atoms with E-state index in [2.05, 4.69) is 44.8 Å². The van der Waals surface area contributed by atoms with Crippen LogP contribution in [0.1, 0.15) is 47.5 Å². The van der Waals surface area contributed by atoms with Crippen LogP contribution in [0.3, 0.4) is 0 Å². The molecule has 15 heavy (non-hydrogen) atoms. The minimum absolute atomic E-state index is 0.618. The maximum atomic E-state index is 3.68. The Kier molecular flexibility index (Phi) is 5.07. The van der Waals surface area contributed by atoms with Crippen molar-refractivity contribution in [1.82, 2.24) is 10.2 Å². The van der Waals surface area contributed by atoms with Crippen LogP contribution in [0.15, 0.2) is 0 Å². The first-order valence-corrected chi connectivity index (χ1v) is 6.49. The molecule has 0 aromatic carbocycles. The molecule has 0 saturated carbocycles. The molecule has 0 aliphatic carbocycles. The molecule has 1 saturated heterocycles. The van der Waals surface area contributed by atoms with E-state index < -0.39 is 0 Å². The van der Waals surface area contributed by atoms with Crippen LogP contribution in [0, 0.1) is 5.92 Å². The lowest BCUT2D eigenvalue weighted by molar-refractivity contribution is 0.208. The van der Waals surface area contributed by atoms with Crippen LogP contribution in [0.5, 0.6) is 0 Å². The summed E-state index contributed by atoms with van der Waals surface area (Å²) < 4.78 is 0. The molecule has 0 spiro atoms. The predicted molar refractivity (Wildman–Crippen MR) is 67.2 cm³/mol. The van der Waals surface area contributed by atoms with Crippen molar-refractivity contribution in [1.29, 1.82) is 0 Å². The third kappa shape index (κ3) is 4.52. The van der Waals surface area contributed by atoms with Crippen molar-refractivity contribution < 1.29 is 0 Å². The van der Waals surface area contributed by atoms with Crippen molar-refractivity contribution in [3.05, 3.63) is 0 Å². The molecule has 1 N–H and O–H groups in total. The quantitative estimate of drug-likeness (QED) is 0.773. The fraction of sp³-hybridized carbons (Fsp3) is 1.00. The molecule has 1 fully saturated rings. The maximum absolute atomic E-state index is 3.68. The van der Waals surface area contributed by atoms with E-state index in [1.165, 1.54) is 25.9 Å².